The molecule has 0 unspecified atom stereocenters. The van der Waals surface area contributed by atoms with Crippen molar-refractivity contribution in [1.29, 1.82) is 0 Å². The standard InChI is InChI=1S/C19H27N3O2/c1-2-21(16-9-5-3-6-10-16)19(24)20-15-13-18(23)22(14-15)17-11-7-4-8-12-17/h4,7-8,11-12,15-16H,2-3,5-6,9-10,13-14H2,1H3,(H,20,24)/t15-/m0/s1. The van der Waals surface area contributed by atoms with Crippen molar-refractivity contribution in [2.24, 2.45) is 0 Å². The highest BCUT2D eigenvalue weighted by Gasteiger charge is 2.33. The Kier molecular flexibility index (Phi) is 5.38. The molecule has 1 atom stereocenters. The zero-order chi connectivity index (χ0) is 16.9. The van der Waals surface area contributed by atoms with E-state index in [9.17, 15) is 9.59 Å². The topological polar surface area (TPSA) is 52.7 Å². The van der Waals surface area contributed by atoms with E-state index in [2.05, 4.69) is 5.32 Å². The summed E-state index contributed by atoms with van der Waals surface area (Å²) in [5.41, 5.74) is 0.902. The lowest BCUT2D eigenvalue weighted by atomic mass is 9.94. The first-order valence-corrected chi connectivity index (χ1v) is 9.11. The Morgan fingerprint density at radius 3 is 2.58 bits per heavy atom. The molecule has 1 heterocycles. The van der Waals surface area contributed by atoms with Gasteiger partial charge in [0, 0.05) is 31.2 Å². The highest BCUT2D eigenvalue weighted by atomic mass is 16.2. The first kappa shape index (κ1) is 16.8. The van der Waals surface area contributed by atoms with Crippen LogP contribution >= 0.6 is 0 Å². The number of carbonyl (C=O) groups is 2. The second kappa shape index (κ2) is 7.69. The van der Waals surface area contributed by atoms with E-state index in [0.29, 0.717) is 19.0 Å². The van der Waals surface area contributed by atoms with Crippen LogP contribution in [-0.4, -0.2) is 42.0 Å². The van der Waals surface area contributed by atoms with Crippen LogP contribution in [-0.2, 0) is 4.79 Å². The average Bonchev–Trinajstić information content (AvgIpc) is 2.97. The molecule has 130 valence electrons. The van der Waals surface area contributed by atoms with Gasteiger partial charge in [-0.2, -0.15) is 0 Å². The quantitative estimate of drug-likeness (QED) is 0.922. The Labute approximate surface area is 144 Å². The molecule has 2 aliphatic rings. The molecule has 1 N–H and O–H groups in total. The molecule has 1 aliphatic carbocycles. The first-order valence-electron chi connectivity index (χ1n) is 9.11. The van der Waals surface area contributed by atoms with Crippen LogP contribution in [0.15, 0.2) is 30.3 Å². The summed E-state index contributed by atoms with van der Waals surface area (Å²) in [6.45, 7) is 3.31. The van der Waals surface area contributed by atoms with Gasteiger partial charge in [-0.3, -0.25) is 4.79 Å². The number of anilines is 1. The lowest BCUT2D eigenvalue weighted by Crippen LogP contribution is -2.50. The summed E-state index contributed by atoms with van der Waals surface area (Å²) in [5.74, 6) is 0.0761. The molecule has 1 aromatic carbocycles. The number of hydrogen-bond acceptors (Lipinski definition) is 2. The molecule has 5 heteroatoms. The van der Waals surface area contributed by atoms with E-state index in [4.69, 9.17) is 0 Å². The van der Waals surface area contributed by atoms with Crippen LogP contribution in [0.3, 0.4) is 0 Å². The van der Waals surface area contributed by atoms with Crippen LogP contribution < -0.4 is 10.2 Å². The Balaban J connectivity index is 1.59. The number of benzene rings is 1. The fraction of sp³-hybridized carbons (Fsp3) is 0.579. The Hall–Kier alpha value is -2.04. The number of rotatable bonds is 4. The molecule has 0 aromatic heterocycles. The zero-order valence-corrected chi connectivity index (χ0v) is 14.4. The second-order valence-corrected chi connectivity index (χ2v) is 6.77. The Morgan fingerprint density at radius 1 is 1.21 bits per heavy atom. The minimum atomic E-state index is -0.108. The van der Waals surface area contributed by atoms with Gasteiger partial charge in [0.2, 0.25) is 5.91 Å². The van der Waals surface area contributed by atoms with Crippen LogP contribution in [0.1, 0.15) is 45.4 Å². The molecule has 3 amide bonds. The van der Waals surface area contributed by atoms with E-state index in [1.807, 2.05) is 42.2 Å². The van der Waals surface area contributed by atoms with Crippen molar-refractivity contribution < 1.29 is 9.59 Å². The summed E-state index contributed by atoms with van der Waals surface area (Å²) >= 11 is 0. The molecule has 0 bridgehead atoms. The minimum Gasteiger partial charge on any atom is -0.333 e. The van der Waals surface area contributed by atoms with Crippen molar-refractivity contribution in [2.75, 3.05) is 18.0 Å². The van der Waals surface area contributed by atoms with Gasteiger partial charge in [-0.25, -0.2) is 4.79 Å². The van der Waals surface area contributed by atoms with E-state index >= 15 is 0 Å². The van der Waals surface area contributed by atoms with E-state index in [1.165, 1.54) is 19.3 Å². The number of urea groups is 1. The predicted octanol–water partition coefficient (Wildman–Crippen LogP) is 3.16. The first-order chi connectivity index (χ1) is 11.7. The number of para-hydroxylation sites is 1. The Bertz CT molecular complexity index is 569. The van der Waals surface area contributed by atoms with Crippen LogP contribution in [0.2, 0.25) is 0 Å². The highest BCUT2D eigenvalue weighted by Crippen LogP contribution is 2.24. The van der Waals surface area contributed by atoms with Gasteiger partial charge in [-0.15, -0.1) is 0 Å². The SMILES string of the molecule is CCN(C(=O)N[C@H]1CC(=O)N(c2ccccc2)C1)C1CCCCC1. The molecule has 0 radical (unpaired) electrons. The molecule has 3 rings (SSSR count). The van der Waals surface area contributed by atoms with Crippen LogP contribution in [0, 0.1) is 0 Å². The molecule has 1 aliphatic heterocycles. The predicted molar refractivity (Wildman–Crippen MR) is 95.0 cm³/mol. The molecular weight excluding hydrogens is 302 g/mol. The van der Waals surface area contributed by atoms with Crippen LogP contribution in [0.25, 0.3) is 0 Å². The summed E-state index contributed by atoms with van der Waals surface area (Å²) in [7, 11) is 0. The minimum absolute atomic E-state index is 0.0166. The lowest BCUT2D eigenvalue weighted by molar-refractivity contribution is -0.117. The third kappa shape index (κ3) is 3.71. The molecule has 1 saturated heterocycles. The van der Waals surface area contributed by atoms with Gasteiger partial charge in [0.15, 0.2) is 0 Å². The normalized spacial score (nSPS) is 21.8. The summed E-state index contributed by atoms with van der Waals surface area (Å²) in [4.78, 5) is 28.7. The zero-order valence-electron chi connectivity index (χ0n) is 14.4. The van der Waals surface area contributed by atoms with Gasteiger partial charge in [-0.1, -0.05) is 37.5 Å². The van der Waals surface area contributed by atoms with Gasteiger partial charge >= 0.3 is 6.03 Å². The molecule has 2 fully saturated rings. The Morgan fingerprint density at radius 2 is 1.92 bits per heavy atom. The number of nitrogens with one attached hydrogen (secondary N) is 1. The maximum Gasteiger partial charge on any atom is 0.317 e. The smallest absolute Gasteiger partial charge is 0.317 e. The fourth-order valence-corrected chi connectivity index (χ4v) is 3.88. The summed E-state index contributed by atoms with van der Waals surface area (Å²) in [6.07, 6.45) is 6.26. The largest absolute Gasteiger partial charge is 0.333 e. The number of hydrogen-bond donors (Lipinski definition) is 1. The van der Waals surface area contributed by atoms with Crippen LogP contribution in [0.5, 0.6) is 0 Å². The van der Waals surface area contributed by atoms with Gasteiger partial charge in [0.05, 0.1) is 6.04 Å². The summed E-state index contributed by atoms with van der Waals surface area (Å²) in [6, 6.07) is 9.88. The third-order valence-electron chi connectivity index (χ3n) is 5.14. The molecule has 1 saturated carbocycles. The summed E-state index contributed by atoms with van der Waals surface area (Å²) < 4.78 is 0. The van der Waals surface area contributed by atoms with Crippen molar-refractivity contribution in [3.63, 3.8) is 0 Å². The maximum atomic E-state index is 12.7. The fourth-order valence-electron chi connectivity index (χ4n) is 3.88. The van der Waals surface area contributed by atoms with E-state index < -0.39 is 0 Å². The van der Waals surface area contributed by atoms with E-state index in [-0.39, 0.29) is 18.0 Å². The molecule has 5 nitrogen and oxygen atoms in total. The maximum absolute atomic E-state index is 12.7. The van der Waals surface area contributed by atoms with Crippen molar-refractivity contribution in [1.82, 2.24) is 10.2 Å². The van der Waals surface area contributed by atoms with Gasteiger partial charge < -0.3 is 15.1 Å². The van der Waals surface area contributed by atoms with Crippen molar-refractivity contribution in [3.05, 3.63) is 30.3 Å². The summed E-state index contributed by atoms with van der Waals surface area (Å²) in [5, 5.41) is 3.08. The van der Waals surface area contributed by atoms with Gasteiger partial charge in [-0.05, 0) is 31.9 Å². The monoisotopic (exact) mass is 329 g/mol. The van der Waals surface area contributed by atoms with Crippen molar-refractivity contribution in [2.45, 2.75) is 57.5 Å². The highest BCUT2D eigenvalue weighted by molar-refractivity contribution is 5.96. The molecular formula is C19H27N3O2. The number of amides is 3. The van der Waals surface area contributed by atoms with E-state index in [0.717, 1.165) is 25.1 Å². The number of nitrogens with zero attached hydrogens (tertiary/aromatic N) is 2. The van der Waals surface area contributed by atoms with Gasteiger partial charge in [0.1, 0.15) is 0 Å². The molecule has 1 aromatic rings. The van der Waals surface area contributed by atoms with Crippen molar-refractivity contribution in [3.8, 4) is 0 Å². The number of carbonyl (C=O) groups excluding carboxylic acids is 2. The lowest BCUT2D eigenvalue weighted by Gasteiger charge is -2.34. The molecule has 0 spiro atoms. The third-order valence-corrected chi connectivity index (χ3v) is 5.14. The average molecular weight is 329 g/mol. The van der Waals surface area contributed by atoms with E-state index in [1.54, 1.807) is 4.90 Å². The van der Waals surface area contributed by atoms with Gasteiger partial charge in [0.25, 0.3) is 0 Å². The second-order valence-electron chi connectivity index (χ2n) is 6.77. The van der Waals surface area contributed by atoms with Crippen molar-refractivity contribution >= 4 is 17.6 Å². The van der Waals surface area contributed by atoms with Crippen LogP contribution in [0.4, 0.5) is 10.5 Å². The molecule has 24 heavy (non-hydrogen) atoms.